The van der Waals surface area contributed by atoms with Crippen molar-refractivity contribution < 1.29 is 4.79 Å². The Balaban J connectivity index is 2.24. The monoisotopic (exact) mass is 238 g/mol. The Morgan fingerprint density at radius 1 is 1.59 bits per heavy atom. The second-order valence-electron chi connectivity index (χ2n) is 4.50. The molecule has 3 N–H and O–H groups in total. The van der Waals surface area contributed by atoms with Crippen LogP contribution in [-0.2, 0) is 11.3 Å². The first-order valence-corrected chi connectivity index (χ1v) is 6.08. The largest absolute Gasteiger partial charge is 0.356 e. The summed E-state index contributed by atoms with van der Waals surface area (Å²) < 4.78 is 1.86. The van der Waals surface area contributed by atoms with Crippen LogP contribution in [0.15, 0.2) is 18.5 Å². The van der Waals surface area contributed by atoms with Crippen molar-refractivity contribution in [3.05, 3.63) is 18.5 Å². The van der Waals surface area contributed by atoms with Crippen LogP contribution in [0.5, 0.6) is 0 Å². The van der Waals surface area contributed by atoms with Crippen molar-refractivity contribution in [1.82, 2.24) is 15.1 Å². The van der Waals surface area contributed by atoms with E-state index in [0.717, 1.165) is 19.4 Å². The van der Waals surface area contributed by atoms with Gasteiger partial charge in [0.15, 0.2) is 0 Å². The molecule has 1 heterocycles. The average Bonchev–Trinajstić information content (AvgIpc) is 2.86. The molecule has 0 saturated carbocycles. The summed E-state index contributed by atoms with van der Waals surface area (Å²) in [6.45, 7) is 5.74. The van der Waals surface area contributed by atoms with Crippen LogP contribution in [-0.4, -0.2) is 28.8 Å². The van der Waals surface area contributed by atoms with Gasteiger partial charge in [0.25, 0.3) is 0 Å². The van der Waals surface area contributed by atoms with Gasteiger partial charge in [-0.3, -0.25) is 9.48 Å². The third kappa shape index (κ3) is 3.85. The van der Waals surface area contributed by atoms with Gasteiger partial charge in [0.05, 0.1) is 5.41 Å². The first-order chi connectivity index (χ1) is 8.12. The number of nitrogens with one attached hydrogen (secondary N) is 1. The molecule has 0 aliphatic carbocycles. The fourth-order valence-electron chi connectivity index (χ4n) is 1.49. The number of nitrogens with two attached hydrogens (primary N) is 1. The van der Waals surface area contributed by atoms with Gasteiger partial charge in [-0.2, -0.15) is 5.10 Å². The third-order valence-corrected chi connectivity index (χ3v) is 3.19. The maximum Gasteiger partial charge on any atom is 0.227 e. The lowest BCUT2D eigenvalue weighted by molar-refractivity contribution is -0.129. The molecular formula is C12H22N4O. The van der Waals surface area contributed by atoms with E-state index in [1.807, 2.05) is 30.8 Å². The number of carbonyl (C=O) groups is 1. The maximum atomic E-state index is 11.9. The van der Waals surface area contributed by atoms with Crippen molar-refractivity contribution in [2.75, 3.05) is 13.1 Å². The summed E-state index contributed by atoms with van der Waals surface area (Å²) >= 11 is 0. The highest BCUT2D eigenvalue weighted by Crippen LogP contribution is 2.18. The number of hydrogen-bond acceptors (Lipinski definition) is 3. The van der Waals surface area contributed by atoms with Crippen molar-refractivity contribution in [2.24, 2.45) is 11.1 Å². The van der Waals surface area contributed by atoms with Crippen LogP contribution in [0.3, 0.4) is 0 Å². The SMILES string of the molecule is CCC(C)(CN)C(=O)NCCCn1cccn1. The third-order valence-electron chi connectivity index (χ3n) is 3.19. The molecule has 0 aliphatic heterocycles. The lowest BCUT2D eigenvalue weighted by Gasteiger charge is -2.24. The van der Waals surface area contributed by atoms with E-state index in [1.54, 1.807) is 6.20 Å². The van der Waals surface area contributed by atoms with Crippen LogP contribution >= 0.6 is 0 Å². The average molecular weight is 238 g/mol. The minimum Gasteiger partial charge on any atom is -0.356 e. The summed E-state index contributed by atoms with van der Waals surface area (Å²) in [7, 11) is 0. The van der Waals surface area contributed by atoms with E-state index < -0.39 is 5.41 Å². The summed E-state index contributed by atoms with van der Waals surface area (Å²) in [5.74, 6) is 0.0444. The highest BCUT2D eigenvalue weighted by molar-refractivity contribution is 5.82. The molecular weight excluding hydrogens is 216 g/mol. The van der Waals surface area contributed by atoms with Gasteiger partial charge >= 0.3 is 0 Å². The summed E-state index contributed by atoms with van der Waals surface area (Å²) in [6.07, 6.45) is 5.30. The van der Waals surface area contributed by atoms with Crippen molar-refractivity contribution in [2.45, 2.75) is 33.2 Å². The number of amides is 1. The van der Waals surface area contributed by atoms with Gasteiger partial charge in [0.1, 0.15) is 0 Å². The zero-order valence-corrected chi connectivity index (χ0v) is 10.6. The zero-order chi connectivity index (χ0) is 12.7. The Bertz CT molecular complexity index is 330. The van der Waals surface area contributed by atoms with E-state index in [2.05, 4.69) is 10.4 Å². The van der Waals surface area contributed by atoms with Crippen LogP contribution < -0.4 is 11.1 Å². The fourth-order valence-corrected chi connectivity index (χ4v) is 1.49. The first kappa shape index (κ1) is 13.7. The summed E-state index contributed by atoms with van der Waals surface area (Å²) in [5.41, 5.74) is 5.19. The second-order valence-corrected chi connectivity index (χ2v) is 4.50. The van der Waals surface area contributed by atoms with Gasteiger partial charge in [-0.25, -0.2) is 0 Å². The maximum absolute atomic E-state index is 11.9. The van der Waals surface area contributed by atoms with Gasteiger partial charge in [0, 0.05) is 32.0 Å². The van der Waals surface area contributed by atoms with Crippen molar-refractivity contribution in [3.8, 4) is 0 Å². The van der Waals surface area contributed by atoms with E-state index >= 15 is 0 Å². The van der Waals surface area contributed by atoms with Gasteiger partial charge in [0.2, 0.25) is 5.91 Å². The van der Waals surface area contributed by atoms with E-state index in [9.17, 15) is 4.79 Å². The highest BCUT2D eigenvalue weighted by atomic mass is 16.2. The molecule has 5 heteroatoms. The molecule has 0 spiro atoms. The molecule has 1 aromatic heterocycles. The molecule has 1 amide bonds. The molecule has 0 radical (unpaired) electrons. The van der Waals surface area contributed by atoms with Crippen LogP contribution in [0, 0.1) is 5.41 Å². The molecule has 1 atom stereocenters. The van der Waals surface area contributed by atoms with Crippen molar-refractivity contribution >= 4 is 5.91 Å². The molecule has 5 nitrogen and oxygen atoms in total. The Kier molecular flexibility index (Phi) is 5.15. The Labute approximate surface area is 102 Å². The number of nitrogens with zero attached hydrogens (tertiary/aromatic N) is 2. The first-order valence-electron chi connectivity index (χ1n) is 6.08. The molecule has 0 aromatic carbocycles. The van der Waals surface area contributed by atoms with Crippen LogP contribution in [0.4, 0.5) is 0 Å². The summed E-state index contributed by atoms with van der Waals surface area (Å²) in [4.78, 5) is 11.9. The lowest BCUT2D eigenvalue weighted by atomic mass is 9.87. The van der Waals surface area contributed by atoms with Crippen LogP contribution in [0.2, 0.25) is 0 Å². The quantitative estimate of drug-likeness (QED) is 0.689. The minimum atomic E-state index is -0.439. The number of rotatable bonds is 7. The number of aromatic nitrogens is 2. The smallest absolute Gasteiger partial charge is 0.227 e. The predicted molar refractivity (Wildman–Crippen MR) is 67.3 cm³/mol. The molecule has 1 aromatic rings. The predicted octanol–water partition coefficient (Wildman–Crippen LogP) is 0.764. The lowest BCUT2D eigenvalue weighted by Crippen LogP contribution is -2.43. The molecule has 17 heavy (non-hydrogen) atoms. The Morgan fingerprint density at radius 3 is 2.88 bits per heavy atom. The van der Waals surface area contributed by atoms with E-state index in [1.165, 1.54) is 0 Å². The molecule has 96 valence electrons. The van der Waals surface area contributed by atoms with E-state index in [-0.39, 0.29) is 5.91 Å². The fraction of sp³-hybridized carbons (Fsp3) is 0.667. The number of hydrogen-bond donors (Lipinski definition) is 2. The molecule has 1 unspecified atom stereocenters. The molecule has 0 aliphatic rings. The van der Waals surface area contributed by atoms with Gasteiger partial charge < -0.3 is 11.1 Å². The normalized spacial score (nSPS) is 14.3. The number of carbonyl (C=O) groups excluding carboxylic acids is 1. The van der Waals surface area contributed by atoms with Gasteiger partial charge in [-0.05, 0) is 25.8 Å². The molecule has 0 fully saturated rings. The molecule has 1 rings (SSSR count). The second kappa shape index (κ2) is 6.39. The van der Waals surface area contributed by atoms with Gasteiger partial charge in [-0.15, -0.1) is 0 Å². The van der Waals surface area contributed by atoms with E-state index in [0.29, 0.717) is 13.1 Å². The van der Waals surface area contributed by atoms with Crippen LogP contribution in [0.1, 0.15) is 26.7 Å². The molecule has 0 saturated heterocycles. The van der Waals surface area contributed by atoms with Gasteiger partial charge in [-0.1, -0.05) is 6.92 Å². The molecule has 0 bridgehead atoms. The standard InChI is InChI=1S/C12H22N4O/c1-3-12(2,10-13)11(17)14-6-4-8-16-9-5-7-15-16/h5,7,9H,3-4,6,8,10,13H2,1-2H3,(H,14,17). The van der Waals surface area contributed by atoms with Crippen molar-refractivity contribution in [1.29, 1.82) is 0 Å². The minimum absolute atomic E-state index is 0.0444. The van der Waals surface area contributed by atoms with Crippen molar-refractivity contribution in [3.63, 3.8) is 0 Å². The van der Waals surface area contributed by atoms with E-state index in [4.69, 9.17) is 5.73 Å². The highest BCUT2D eigenvalue weighted by Gasteiger charge is 2.28. The summed E-state index contributed by atoms with van der Waals surface area (Å²) in [6, 6.07) is 1.89. The number of aryl methyl sites for hydroxylation is 1. The Hall–Kier alpha value is -1.36. The Morgan fingerprint density at radius 2 is 2.35 bits per heavy atom. The topological polar surface area (TPSA) is 72.9 Å². The zero-order valence-electron chi connectivity index (χ0n) is 10.6. The summed E-state index contributed by atoms with van der Waals surface area (Å²) in [5, 5.41) is 7.03. The van der Waals surface area contributed by atoms with Crippen LogP contribution in [0.25, 0.3) is 0 Å².